The molecule has 2 aromatic rings. The summed E-state index contributed by atoms with van der Waals surface area (Å²) < 4.78 is 0. The Labute approximate surface area is 175 Å². The summed E-state index contributed by atoms with van der Waals surface area (Å²) >= 11 is 11.9. The van der Waals surface area contributed by atoms with Crippen LogP contribution in [0.4, 0.5) is 0 Å². The lowest BCUT2D eigenvalue weighted by atomic mass is 9.96. The zero-order valence-electron chi connectivity index (χ0n) is 16.0. The third-order valence-electron chi connectivity index (χ3n) is 3.93. The monoisotopic (exact) mass is 421 g/mol. The minimum Gasteiger partial charge on any atom is -0.369 e. The van der Waals surface area contributed by atoms with Gasteiger partial charge in [0, 0.05) is 22.3 Å². The summed E-state index contributed by atoms with van der Waals surface area (Å²) in [5.41, 5.74) is 7.16. The van der Waals surface area contributed by atoms with Crippen molar-refractivity contribution in [1.82, 2.24) is 5.32 Å². The zero-order valence-corrected chi connectivity index (χ0v) is 17.5. The van der Waals surface area contributed by atoms with Crippen LogP contribution < -0.4 is 11.1 Å². The van der Waals surface area contributed by atoms with Crippen LogP contribution in [0.1, 0.15) is 37.8 Å². The molecule has 1 unspecified atom stereocenters. The maximum absolute atomic E-state index is 12.3. The zero-order chi connectivity index (χ0) is 21.1. The van der Waals surface area contributed by atoms with E-state index in [0.717, 1.165) is 5.56 Å². The Balaban J connectivity index is 0.00000190. The van der Waals surface area contributed by atoms with E-state index in [1.54, 1.807) is 18.2 Å². The Hall–Kier alpha value is -2.37. The van der Waals surface area contributed by atoms with Gasteiger partial charge in [0.25, 0.3) is 0 Å². The normalized spacial score (nSPS) is 11.0. The van der Waals surface area contributed by atoms with E-state index in [1.165, 1.54) is 0 Å². The number of nitrogens with one attached hydrogen (secondary N) is 2. The predicted octanol–water partition coefficient (Wildman–Crippen LogP) is 4.59. The molecule has 0 spiro atoms. The van der Waals surface area contributed by atoms with Crippen molar-refractivity contribution in [2.45, 2.75) is 33.2 Å². The fourth-order valence-corrected chi connectivity index (χ4v) is 2.92. The van der Waals surface area contributed by atoms with Crippen molar-refractivity contribution in [2.24, 2.45) is 11.7 Å². The molecule has 0 aromatic heterocycles. The van der Waals surface area contributed by atoms with Crippen LogP contribution >= 0.6 is 23.2 Å². The van der Waals surface area contributed by atoms with Crippen LogP contribution in [-0.2, 0) is 16.1 Å². The minimum atomic E-state index is -1.01. The Kier molecular flexibility index (Phi) is 10.3. The quantitative estimate of drug-likeness (QED) is 0.429. The summed E-state index contributed by atoms with van der Waals surface area (Å²) in [6, 6.07) is 14.1. The highest BCUT2D eigenvalue weighted by Gasteiger charge is 2.24. The van der Waals surface area contributed by atoms with Gasteiger partial charge < -0.3 is 16.5 Å². The van der Waals surface area contributed by atoms with Crippen LogP contribution in [0.2, 0.25) is 10.0 Å². The number of halogens is 2. The van der Waals surface area contributed by atoms with Gasteiger partial charge in [0.1, 0.15) is 5.92 Å². The molecule has 1 atom stereocenters. The topological polar surface area (TPSA) is 96.0 Å². The first-order chi connectivity index (χ1) is 13.4. The van der Waals surface area contributed by atoms with E-state index >= 15 is 0 Å². The molecule has 0 saturated heterocycles. The average Bonchev–Trinajstić information content (AvgIpc) is 2.69. The molecule has 150 valence electrons. The fraction of sp³-hybridized carbons (Fsp3) is 0.286. The molecule has 2 amide bonds. The molecule has 0 saturated carbocycles. The van der Waals surface area contributed by atoms with E-state index in [9.17, 15) is 9.59 Å². The third kappa shape index (κ3) is 7.33. The van der Waals surface area contributed by atoms with Crippen molar-refractivity contribution in [3.05, 3.63) is 69.7 Å². The van der Waals surface area contributed by atoms with E-state index in [0.29, 0.717) is 21.3 Å². The van der Waals surface area contributed by atoms with Crippen molar-refractivity contribution >= 4 is 40.7 Å². The smallest absolute Gasteiger partial charge is 0.232 e. The number of amides is 2. The number of hydrogen-bond acceptors (Lipinski definition) is 3. The van der Waals surface area contributed by atoms with E-state index in [2.05, 4.69) is 5.32 Å². The number of primary amides is 1. The Morgan fingerprint density at radius 3 is 2.32 bits per heavy atom. The first-order valence-corrected chi connectivity index (χ1v) is 9.78. The van der Waals surface area contributed by atoms with Crippen molar-refractivity contribution in [2.75, 3.05) is 0 Å². The molecular weight excluding hydrogens is 397 g/mol. The van der Waals surface area contributed by atoms with Crippen LogP contribution in [-0.4, -0.2) is 17.5 Å². The van der Waals surface area contributed by atoms with Gasteiger partial charge in [0.2, 0.25) is 11.8 Å². The van der Waals surface area contributed by atoms with Gasteiger partial charge in [0.15, 0.2) is 0 Å². The van der Waals surface area contributed by atoms with Gasteiger partial charge >= 0.3 is 0 Å². The molecule has 2 aromatic carbocycles. The largest absolute Gasteiger partial charge is 0.369 e. The van der Waals surface area contributed by atoms with Gasteiger partial charge in [-0.25, -0.2) is 0 Å². The van der Waals surface area contributed by atoms with Crippen LogP contribution in [0.15, 0.2) is 48.5 Å². The summed E-state index contributed by atoms with van der Waals surface area (Å²) in [6.45, 7) is 4.16. The molecule has 28 heavy (non-hydrogen) atoms. The van der Waals surface area contributed by atoms with Crippen LogP contribution in [0, 0.1) is 11.3 Å². The number of hydrogen-bond donors (Lipinski definition) is 3. The molecule has 2 rings (SSSR count). The second kappa shape index (κ2) is 12.2. The Bertz CT molecular complexity index is 811. The highest BCUT2D eigenvalue weighted by molar-refractivity contribution is 6.35. The van der Waals surface area contributed by atoms with Crippen molar-refractivity contribution in [1.29, 1.82) is 5.41 Å². The minimum absolute atomic E-state index is 0.161. The molecule has 5 nitrogen and oxygen atoms in total. The van der Waals surface area contributed by atoms with Crippen LogP contribution in [0.3, 0.4) is 0 Å². The molecule has 0 fully saturated rings. The fourth-order valence-electron chi connectivity index (χ4n) is 2.45. The van der Waals surface area contributed by atoms with Crippen LogP contribution in [0.25, 0.3) is 0 Å². The highest BCUT2D eigenvalue weighted by atomic mass is 35.5. The van der Waals surface area contributed by atoms with Gasteiger partial charge in [0.05, 0.1) is 0 Å². The maximum Gasteiger partial charge on any atom is 0.232 e. The molecular formula is C21H25Cl2N3O2. The molecule has 0 heterocycles. The number of nitrogens with two attached hydrogens (primary N) is 1. The maximum atomic E-state index is 12.3. The first kappa shape index (κ1) is 23.7. The first-order valence-electron chi connectivity index (χ1n) is 9.02. The summed E-state index contributed by atoms with van der Waals surface area (Å²) in [5.74, 6) is -2.21. The van der Waals surface area contributed by atoms with E-state index in [1.807, 2.05) is 44.2 Å². The molecule has 0 bridgehead atoms. The van der Waals surface area contributed by atoms with Crippen molar-refractivity contribution < 1.29 is 9.59 Å². The number of benzene rings is 2. The lowest BCUT2D eigenvalue weighted by molar-refractivity contribution is -0.133. The molecule has 4 N–H and O–H groups in total. The van der Waals surface area contributed by atoms with Gasteiger partial charge in [-0.05, 0) is 36.1 Å². The number of rotatable bonds is 8. The molecule has 0 aliphatic heterocycles. The standard InChI is InChI=1S/C19H19Cl2N3O2.C2H6/c20-14-7-6-13(16(21)10-14)11-24-19(26)15(18(23)25)8-9-17(22)12-4-2-1-3-5-12;1-2/h1-7,10,15,22H,8-9,11H2,(H2,23,25)(H,24,26);1-2H3. The lowest BCUT2D eigenvalue weighted by Crippen LogP contribution is -2.38. The average molecular weight is 422 g/mol. The second-order valence-electron chi connectivity index (χ2n) is 5.79. The van der Waals surface area contributed by atoms with Gasteiger partial charge in [-0.1, -0.05) is 73.4 Å². The van der Waals surface area contributed by atoms with Gasteiger partial charge in [-0.2, -0.15) is 0 Å². The summed E-state index contributed by atoms with van der Waals surface area (Å²) in [6.07, 6.45) is 0.440. The third-order valence-corrected chi connectivity index (χ3v) is 4.52. The van der Waals surface area contributed by atoms with Crippen molar-refractivity contribution in [3.63, 3.8) is 0 Å². The highest BCUT2D eigenvalue weighted by Crippen LogP contribution is 2.21. The van der Waals surface area contributed by atoms with E-state index < -0.39 is 17.7 Å². The lowest BCUT2D eigenvalue weighted by Gasteiger charge is -2.14. The number of carbonyl (C=O) groups excluding carboxylic acids is 2. The Morgan fingerprint density at radius 2 is 1.75 bits per heavy atom. The number of carbonyl (C=O) groups is 2. The predicted molar refractivity (Wildman–Crippen MR) is 115 cm³/mol. The van der Waals surface area contributed by atoms with Crippen LogP contribution in [0.5, 0.6) is 0 Å². The summed E-state index contributed by atoms with van der Waals surface area (Å²) in [4.78, 5) is 24.0. The van der Waals surface area contributed by atoms with E-state index in [-0.39, 0.29) is 19.4 Å². The molecule has 7 heteroatoms. The van der Waals surface area contributed by atoms with Gasteiger partial charge in [-0.15, -0.1) is 0 Å². The molecule has 0 aliphatic rings. The van der Waals surface area contributed by atoms with E-state index in [4.69, 9.17) is 34.3 Å². The SMILES string of the molecule is CC.N=C(CCC(C(N)=O)C(=O)NCc1ccc(Cl)cc1Cl)c1ccccc1. The summed E-state index contributed by atoms with van der Waals surface area (Å²) in [5, 5.41) is 11.7. The Morgan fingerprint density at radius 1 is 1.11 bits per heavy atom. The van der Waals surface area contributed by atoms with Gasteiger partial charge in [-0.3, -0.25) is 9.59 Å². The molecule has 0 radical (unpaired) electrons. The second-order valence-corrected chi connectivity index (χ2v) is 6.64. The summed E-state index contributed by atoms with van der Waals surface area (Å²) in [7, 11) is 0. The van der Waals surface area contributed by atoms with Crippen molar-refractivity contribution in [3.8, 4) is 0 Å². The molecule has 0 aliphatic carbocycles.